The number of hydrogen-bond acceptors (Lipinski definition) is 4. The van der Waals surface area contributed by atoms with E-state index in [-0.39, 0.29) is 29.2 Å². The molecule has 1 atom stereocenters. The first-order valence-electron chi connectivity index (χ1n) is 10.6. The number of carbonyl (C=O) groups is 3. The number of hydrogen-bond donors (Lipinski definition) is 2. The number of nitrogens with zero attached hydrogens (tertiary/aromatic N) is 1. The summed E-state index contributed by atoms with van der Waals surface area (Å²) in [6.45, 7) is 2.10. The lowest BCUT2D eigenvalue weighted by Crippen LogP contribution is -2.54. The van der Waals surface area contributed by atoms with E-state index < -0.39 is 17.8 Å². The van der Waals surface area contributed by atoms with E-state index in [1.165, 1.54) is 18.2 Å². The highest BCUT2D eigenvalue weighted by Crippen LogP contribution is 2.33. The Bertz CT molecular complexity index is 761. The lowest BCUT2D eigenvalue weighted by atomic mass is 9.88. The van der Waals surface area contributed by atoms with Crippen LogP contribution in [0.3, 0.4) is 0 Å². The Morgan fingerprint density at radius 2 is 1.87 bits per heavy atom. The molecule has 0 radical (unpaired) electrons. The Labute approximate surface area is 176 Å². The van der Waals surface area contributed by atoms with Crippen LogP contribution in [0.4, 0.5) is 4.39 Å². The van der Waals surface area contributed by atoms with Gasteiger partial charge in [-0.05, 0) is 50.2 Å². The van der Waals surface area contributed by atoms with Crippen molar-refractivity contribution in [1.29, 1.82) is 0 Å². The van der Waals surface area contributed by atoms with Crippen LogP contribution in [0.15, 0.2) is 24.3 Å². The second kappa shape index (κ2) is 10.5. The van der Waals surface area contributed by atoms with Crippen molar-refractivity contribution >= 4 is 17.7 Å². The Morgan fingerprint density at radius 3 is 2.50 bits per heavy atom. The minimum Gasteiger partial charge on any atom is -0.385 e. The SMILES string of the molecule is COCCCNC(=O)[C@@H](NC(=O)c1ccccc1F)C1CCN(C(=O)C2CC2)CC1. The van der Waals surface area contributed by atoms with Crippen LogP contribution >= 0.6 is 0 Å². The maximum absolute atomic E-state index is 14.0. The molecule has 1 heterocycles. The van der Waals surface area contributed by atoms with E-state index in [1.807, 2.05) is 4.90 Å². The van der Waals surface area contributed by atoms with Crippen molar-refractivity contribution in [3.05, 3.63) is 35.6 Å². The number of amides is 3. The Morgan fingerprint density at radius 1 is 1.17 bits per heavy atom. The third-order valence-corrected chi connectivity index (χ3v) is 5.76. The van der Waals surface area contributed by atoms with Crippen molar-refractivity contribution in [2.45, 2.75) is 38.1 Å². The van der Waals surface area contributed by atoms with E-state index in [9.17, 15) is 18.8 Å². The van der Waals surface area contributed by atoms with Gasteiger partial charge >= 0.3 is 0 Å². The molecule has 1 aromatic carbocycles. The molecule has 2 aliphatic rings. The molecular weight excluding hydrogens is 389 g/mol. The topological polar surface area (TPSA) is 87.7 Å². The van der Waals surface area contributed by atoms with Gasteiger partial charge in [0.15, 0.2) is 0 Å². The zero-order valence-corrected chi connectivity index (χ0v) is 17.4. The molecule has 1 saturated heterocycles. The Kier molecular flexibility index (Phi) is 7.79. The molecule has 1 aliphatic heterocycles. The monoisotopic (exact) mass is 419 g/mol. The van der Waals surface area contributed by atoms with Crippen molar-refractivity contribution in [3.63, 3.8) is 0 Å². The first-order chi connectivity index (χ1) is 14.5. The summed E-state index contributed by atoms with van der Waals surface area (Å²) >= 11 is 0. The minimum absolute atomic E-state index is 0.0870. The largest absolute Gasteiger partial charge is 0.385 e. The van der Waals surface area contributed by atoms with E-state index >= 15 is 0 Å². The van der Waals surface area contributed by atoms with Gasteiger partial charge in [0.1, 0.15) is 11.9 Å². The number of benzene rings is 1. The van der Waals surface area contributed by atoms with Crippen molar-refractivity contribution in [1.82, 2.24) is 15.5 Å². The van der Waals surface area contributed by atoms with E-state index in [0.29, 0.717) is 45.5 Å². The van der Waals surface area contributed by atoms with Crippen molar-refractivity contribution in [2.75, 3.05) is 33.4 Å². The highest BCUT2D eigenvalue weighted by molar-refractivity contribution is 5.97. The van der Waals surface area contributed by atoms with Crippen LogP contribution in [0.1, 0.15) is 42.5 Å². The Balaban J connectivity index is 1.64. The molecule has 30 heavy (non-hydrogen) atoms. The molecule has 0 unspecified atom stereocenters. The molecule has 1 saturated carbocycles. The molecular formula is C22H30FN3O4. The van der Waals surface area contributed by atoms with Gasteiger partial charge in [0.05, 0.1) is 5.56 Å². The van der Waals surface area contributed by atoms with Crippen LogP contribution in [0.2, 0.25) is 0 Å². The molecule has 1 aliphatic carbocycles. The van der Waals surface area contributed by atoms with E-state index in [1.54, 1.807) is 13.2 Å². The molecule has 3 rings (SSSR count). The van der Waals surface area contributed by atoms with Crippen LogP contribution in [-0.4, -0.2) is 62.0 Å². The smallest absolute Gasteiger partial charge is 0.254 e. The summed E-state index contributed by atoms with van der Waals surface area (Å²) in [6.07, 6.45) is 3.82. The highest BCUT2D eigenvalue weighted by atomic mass is 19.1. The van der Waals surface area contributed by atoms with Crippen molar-refractivity contribution in [3.8, 4) is 0 Å². The van der Waals surface area contributed by atoms with Gasteiger partial charge in [-0.25, -0.2) is 4.39 Å². The summed E-state index contributed by atoms with van der Waals surface area (Å²) in [7, 11) is 1.59. The molecule has 0 spiro atoms. The number of rotatable bonds is 9. The van der Waals surface area contributed by atoms with E-state index in [2.05, 4.69) is 10.6 Å². The fraction of sp³-hybridized carbons (Fsp3) is 0.591. The number of nitrogens with one attached hydrogen (secondary N) is 2. The lowest BCUT2D eigenvalue weighted by Gasteiger charge is -2.36. The summed E-state index contributed by atoms with van der Waals surface area (Å²) in [4.78, 5) is 39.7. The second-order valence-corrected chi connectivity index (χ2v) is 8.01. The van der Waals surface area contributed by atoms with Gasteiger partial charge in [0.2, 0.25) is 11.8 Å². The van der Waals surface area contributed by atoms with Gasteiger partial charge < -0.3 is 20.3 Å². The van der Waals surface area contributed by atoms with Gasteiger partial charge in [-0.3, -0.25) is 14.4 Å². The van der Waals surface area contributed by atoms with Crippen LogP contribution in [0.25, 0.3) is 0 Å². The summed E-state index contributed by atoms with van der Waals surface area (Å²) in [5.74, 6) is -1.28. The fourth-order valence-electron chi connectivity index (χ4n) is 3.84. The van der Waals surface area contributed by atoms with Crippen molar-refractivity contribution < 1.29 is 23.5 Å². The molecule has 0 aromatic heterocycles. The molecule has 7 nitrogen and oxygen atoms in total. The second-order valence-electron chi connectivity index (χ2n) is 8.01. The van der Waals surface area contributed by atoms with Crippen LogP contribution in [0.5, 0.6) is 0 Å². The number of carbonyl (C=O) groups excluding carboxylic acids is 3. The molecule has 2 fully saturated rings. The quantitative estimate of drug-likeness (QED) is 0.597. The van der Waals surface area contributed by atoms with Crippen LogP contribution < -0.4 is 10.6 Å². The van der Waals surface area contributed by atoms with Gasteiger partial charge in [0.25, 0.3) is 5.91 Å². The first-order valence-corrected chi connectivity index (χ1v) is 10.6. The van der Waals surface area contributed by atoms with Gasteiger partial charge in [-0.15, -0.1) is 0 Å². The minimum atomic E-state index is -0.780. The Hall–Kier alpha value is -2.48. The van der Waals surface area contributed by atoms with Crippen LogP contribution in [0, 0.1) is 17.7 Å². The van der Waals surface area contributed by atoms with E-state index in [4.69, 9.17) is 4.74 Å². The fourth-order valence-corrected chi connectivity index (χ4v) is 3.84. The van der Waals surface area contributed by atoms with Gasteiger partial charge in [-0.1, -0.05) is 12.1 Å². The van der Waals surface area contributed by atoms with Gasteiger partial charge in [-0.2, -0.15) is 0 Å². The predicted molar refractivity (Wildman–Crippen MR) is 109 cm³/mol. The normalized spacial score (nSPS) is 18.0. The van der Waals surface area contributed by atoms with Gasteiger partial charge in [0, 0.05) is 39.3 Å². The number of halogens is 1. The van der Waals surface area contributed by atoms with Crippen LogP contribution in [-0.2, 0) is 14.3 Å². The number of likely N-dealkylation sites (tertiary alicyclic amines) is 1. The summed E-state index contributed by atoms with van der Waals surface area (Å²) < 4.78 is 19.0. The van der Waals surface area contributed by atoms with E-state index in [0.717, 1.165) is 12.8 Å². The molecule has 1 aromatic rings. The number of methoxy groups -OCH3 is 1. The third-order valence-electron chi connectivity index (χ3n) is 5.76. The molecule has 0 bridgehead atoms. The number of piperidine rings is 1. The van der Waals surface area contributed by atoms with Crippen molar-refractivity contribution in [2.24, 2.45) is 11.8 Å². The predicted octanol–water partition coefficient (Wildman–Crippen LogP) is 1.73. The molecule has 8 heteroatoms. The molecule has 3 amide bonds. The molecule has 2 N–H and O–H groups in total. The zero-order chi connectivity index (χ0) is 21.5. The summed E-state index contributed by atoms with van der Waals surface area (Å²) in [6, 6.07) is 4.93. The highest BCUT2D eigenvalue weighted by Gasteiger charge is 2.38. The average molecular weight is 419 g/mol. The average Bonchev–Trinajstić information content (AvgIpc) is 3.60. The third kappa shape index (κ3) is 5.78. The number of ether oxygens (including phenoxy) is 1. The zero-order valence-electron chi connectivity index (χ0n) is 17.4. The standard InChI is InChI=1S/C22H30FN3O4/c1-30-14-4-11-24-21(28)19(25-20(27)17-5-2-3-6-18(17)23)15-9-12-26(13-10-15)22(29)16-7-8-16/h2-3,5-6,15-16,19H,4,7-14H2,1H3,(H,24,28)(H,25,27)/t19-/m0/s1. The molecule has 164 valence electrons. The first kappa shape index (κ1) is 22.2. The summed E-state index contributed by atoms with van der Waals surface area (Å²) in [5, 5.41) is 5.58. The summed E-state index contributed by atoms with van der Waals surface area (Å²) in [5.41, 5.74) is -0.0870. The lowest BCUT2D eigenvalue weighted by molar-refractivity contribution is -0.134. The maximum Gasteiger partial charge on any atom is 0.254 e. The maximum atomic E-state index is 14.0.